The summed E-state index contributed by atoms with van der Waals surface area (Å²) < 4.78 is 26.1. The predicted molar refractivity (Wildman–Crippen MR) is 102 cm³/mol. The first-order valence-corrected chi connectivity index (χ1v) is 11.1. The summed E-state index contributed by atoms with van der Waals surface area (Å²) in [6.45, 7) is 3.63. The van der Waals surface area contributed by atoms with E-state index in [1.807, 2.05) is 17.7 Å². The third-order valence-electron chi connectivity index (χ3n) is 4.88. The first-order chi connectivity index (χ1) is 12.8. The molecule has 7 nitrogen and oxygen atoms in total. The van der Waals surface area contributed by atoms with Crippen LogP contribution in [0.15, 0.2) is 29.4 Å². The van der Waals surface area contributed by atoms with Gasteiger partial charge < -0.3 is 4.90 Å². The highest BCUT2D eigenvalue weighted by Crippen LogP contribution is 2.31. The minimum atomic E-state index is -3.45. The van der Waals surface area contributed by atoms with E-state index in [-0.39, 0.29) is 21.7 Å². The summed E-state index contributed by atoms with van der Waals surface area (Å²) >= 11 is 5.94. The van der Waals surface area contributed by atoms with Gasteiger partial charge in [-0.15, -0.1) is 0 Å². The van der Waals surface area contributed by atoms with Crippen molar-refractivity contribution >= 4 is 27.3 Å². The van der Waals surface area contributed by atoms with Crippen LogP contribution in [0.1, 0.15) is 36.6 Å². The molecule has 1 amide bonds. The summed E-state index contributed by atoms with van der Waals surface area (Å²) in [5, 5.41) is 4.49. The van der Waals surface area contributed by atoms with Gasteiger partial charge in [-0.1, -0.05) is 11.6 Å². The predicted octanol–water partition coefficient (Wildman–Crippen LogP) is 2.44. The number of aromatic nitrogens is 3. The molecule has 0 spiro atoms. The molecule has 27 heavy (non-hydrogen) atoms. The monoisotopic (exact) mass is 410 g/mol. The Hall–Kier alpha value is -1.93. The molecule has 2 aromatic rings. The number of sulfone groups is 1. The van der Waals surface area contributed by atoms with Crippen LogP contribution in [0.2, 0.25) is 5.02 Å². The van der Waals surface area contributed by atoms with Crippen LogP contribution in [0.4, 0.5) is 0 Å². The minimum absolute atomic E-state index is 0.0458. The minimum Gasteiger partial charge on any atom is -0.342 e. The second kappa shape index (κ2) is 7.98. The lowest BCUT2D eigenvalue weighted by Gasteiger charge is -2.33. The van der Waals surface area contributed by atoms with E-state index in [0.717, 1.165) is 24.8 Å². The molecular formula is C18H23ClN4O3S. The topological polar surface area (TPSA) is 85.2 Å². The Balaban J connectivity index is 1.73. The Labute approximate surface area is 164 Å². The van der Waals surface area contributed by atoms with E-state index in [0.29, 0.717) is 31.7 Å². The summed E-state index contributed by atoms with van der Waals surface area (Å²) in [6.07, 6.45) is 6.30. The molecule has 0 bridgehead atoms. The fourth-order valence-corrected chi connectivity index (χ4v) is 4.62. The van der Waals surface area contributed by atoms with Crippen LogP contribution in [-0.4, -0.2) is 53.3 Å². The van der Waals surface area contributed by atoms with Crippen LogP contribution in [-0.2, 0) is 21.2 Å². The van der Waals surface area contributed by atoms with Gasteiger partial charge in [0.05, 0.1) is 15.6 Å². The zero-order valence-electron chi connectivity index (χ0n) is 15.4. The van der Waals surface area contributed by atoms with E-state index in [2.05, 4.69) is 10.1 Å². The fraction of sp³-hybridized carbons (Fsp3) is 0.500. The summed E-state index contributed by atoms with van der Waals surface area (Å²) in [4.78, 5) is 18.9. The van der Waals surface area contributed by atoms with E-state index in [1.165, 1.54) is 12.3 Å². The number of likely N-dealkylation sites (tertiary alicyclic amines) is 1. The van der Waals surface area contributed by atoms with Crippen molar-refractivity contribution in [1.29, 1.82) is 0 Å². The number of aryl methyl sites for hydroxylation is 2. The Morgan fingerprint density at radius 1 is 1.41 bits per heavy atom. The third-order valence-corrected chi connectivity index (χ3v) is 6.21. The molecule has 0 aromatic carbocycles. The molecule has 3 rings (SSSR count). The summed E-state index contributed by atoms with van der Waals surface area (Å²) in [5.74, 6) is -0.0689. The number of piperidine rings is 1. The summed E-state index contributed by atoms with van der Waals surface area (Å²) in [6, 6.07) is 3.35. The standard InChI is InChI=1S/C18H23ClN4O3S/c1-13-5-7-21-23(13)9-6-17(24)22-8-3-4-14(12-22)18-16(27(2,25)26)10-15(19)11-20-18/h5,7,10-11,14H,3-4,6,8-9,12H2,1-2H3/t14-/m0/s1. The van der Waals surface area contributed by atoms with Crippen molar-refractivity contribution in [3.63, 3.8) is 0 Å². The van der Waals surface area contributed by atoms with Gasteiger partial charge in [-0.3, -0.25) is 14.5 Å². The lowest BCUT2D eigenvalue weighted by molar-refractivity contribution is -0.132. The molecule has 0 N–H and O–H groups in total. The van der Waals surface area contributed by atoms with Crippen molar-refractivity contribution < 1.29 is 13.2 Å². The smallest absolute Gasteiger partial charge is 0.224 e. The largest absolute Gasteiger partial charge is 0.342 e. The van der Waals surface area contributed by atoms with Crippen LogP contribution in [0.5, 0.6) is 0 Å². The number of amides is 1. The molecule has 9 heteroatoms. The van der Waals surface area contributed by atoms with Gasteiger partial charge in [0, 0.05) is 56.3 Å². The molecule has 1 fully saturated rings. The van der Waals surface area contributed by atoms with Gasteiger partial charge in [-0.2, -0.15) is 5.10 Å². The van der Waals surface area contributed by atoms with Crippen molar-refractivity contribution in [2.75, 3.05) is 19.3 Å². The number of pyridine rings is 1. The number of rotatable bonds is 5. The quantitative estimate of drug-likeness (QED) is 0.755. The van der Waals surface area contributed by atoms with Crippen molar-refractivity contribution in [1.82, 2.24) is 19.7 Å². The third kappa shape index (κ3) is 4.68. The maximum absolute atomic E-state index is 12.6. The van der Waals surface area contributed by atoms with Crippen LogP contribution < -0.4 is 0 Å². The van der Waals surface area contributed by atoms with Crippen molar-refractivity contribution in [2.45, 2.75) is 43.5 Å². The van der Waals surface area contributed by atoms with Crippen molar-refractivity contribution in [3.05, 3.63) is 40.9 Å². The Morgan fingerprint density at radius 2 is 2.19 bits per heavy atom. The van der Waals surface area contributed by atoms with E-state index in [1.54, 1.807) is 11.1 Å². The van der Waals surface area contributed by atoms with Gasteiger partial charge in [-0.25, -0.2) is 8.42 Å². The van der Waals surface area contributed by atoms with E-state index >= 15 is 0 Å². The average Bonchev–Trinajstić information content (AvgIpc) is 3.04. The van der Waals surface area contributed by atoms with Gasteiger partial charge in [0.15, 0.2) is 9.84 Å². The van der Waals surface area contributed by atoms with Gasteiger partial charge >= 0.3 is 0 Å². The molecule has 1 atom stereocenters. The highest BCUT2D eigenvalue weighted by Gasteiger charge is 2.29. The van der Waals surface area contributed by atoms with Gasteiger partial charge in [-0.05, 0) is 31.9 Å². The molecule has 2 aromatic heterocycles. The van der Waals surface area contributed by atoms with E-state index < -0.39 is 9.84 Å². The maximum Gasteiger partial charge on any atom is 0.224 e. The average molecular weight is 411 g/mol. The lowest BCUT2D eigenvalue weighted by Crippen LogP contribution is -2.40. The molecule has 0 saturated carbocycles. The zero-order valence-corrected chi connectivity index (χ0v) is 17.0. The maximum atomic E-state index is 12.6. The van der Waals surface area contributed by atoms with E-state index in [4.69, 9.17) is 11.6 Å². The number of carbonyl (C=O) groups is 1. The van der Waals surface area contributed by atoms with Gasteiger partial charge in [0.25, 0.3) is 0 Å². The van der Waals surface area contributed by atoms with Crippen LogP contribution >= 0.6 is 11.6 Å². The molecule has 1 aliphatic rings. The Bertz CT molecular complexity index is 942. The number of hydrogen-bond donors (Lipinski definition) is 0. The lowest BCUT2D eigenvalue weighted by atomic mass is 9.94. The second-order valence-electron chi connectivity index (χ2n) is 6.93. The molecule has 146 valence electrons. The van der Waals surface area contributed by atoms with Crippen molar-refractivity contribution in [2.24, 2.45) is 0 Å². The number of nitrogens with zero attached hydrogens (tertiary/aromatic N) is 4. The molecule has 1 aliphatic heterocycles. The number of carbonyl (C=O) groups excluding carboxylic acids is 1. The van der Waals surface area contributed by atoms with Gasteiger partial charge in [0.2, 0.25) is 5.91 Å². The normalized spacial score (nSPS) is 17.9. The highest BCUT2D eigenvalue weighted by molar-refractivity contribution is 7.90. The zero-order chi connectivity index (χ0) is 19.6. The van der Waals surface area contributed by atoms with Crippen LogP contribution in [0.3, 0.4) is 0 Å². The molecular weight excluding hydrogens is 388 g/mol. The first kappa shape index (κ1) is 19.8. The molecule has 0 radical (unpaired) electrons. The second-order valence-corrected chi connectivity index (χ2v) is 9.35. The highest BCUT2D eigenvalue weighted by atomic mass is 35.5. The molecule has 3 heterocycles. The van der Waals surface area contributed by atoms with Crippen LogP contribution in [0, 0.1) is 6.92 Å². The van der Waals surface area contributed by atoms with E-state index in [9.17, 15) is 13.2 Å². The van der Waals surface area contributed by atoms with Crippen molar-refractivity contribution in [3.8, 4) is 0 Å². The molecule has 0 unspecified atom stereocenters. The Morgan fingerprint density at radius 3 is 2.85 bits per heavy atom. The first-order valence-electron chi connectivity index (χ1n) is 8.87. The van der Waals surface area contributed by atoms with Gasteiger partial charge in [0.1, 0.15) is 0 Å². The summed E-state index contributed by atoms with van der Waals surface area (Å²) in [5.41, 5.74) is 1.52. The Kier molecular flexibility index (Phi) is 5.86. The summed E-state index contributed by atoms with van der Waals surface area (Å²) in [7, 11) is -3.45. The molecule has 1 saturated heterocycles. The SMILES string of the molecule is Cc1ccnn1CCC(=O)N1CCC[C@H](c2ncc(Cl)cc2S(C)(=O)=O)C1. The van der Waals surface area contributed by atoms with Crippen LogP contribution in [0.25, 0.3) is 0 Å². The number of hydrogen-bond acceptors (Lipinski definition) is 5. The fourth-order valence-electron chi connectivity index (χ4n) is 3.45. The molecule has 0 aliphatic carbocycles. The number of halogens is 1.